The van der Waals surface area contributed by atoms with Crippen molar-refractivity contribution in [2.24, 2.45) is 0 Å². The van der Waals surface area contributed by atoms with Gasteiger partial charge in [0.05, 0.1) is 0 Å². The minimum absolute atomic E-state index is 0.105. The molecule has 18 heavy (non-hydrogen) atoms. The monoisotopic (exact) mass is 291 g/mol. The van der Waals surface area contributed by atoms with Crippen LogP contribution in [0.15, 0.2) is 23.2 Å². The molecule has 0 aromatic carbocycles. The first kappa shape index (κ1) is 15.1. The lowest BCUT2D eigenvalue weighted by Crippen LogP contribution is -2.28. The molecule has 1 unspecified atom stereocenters. The Labute approximate surface area is 110 Å². The Morgan fingerprint density at radius 3 is 2.78 bits per heavy atom. The Morgan fingerprint density at radius 2 is 2.17 bits per heavy atom. The fourth-order valence-corrected chi connectivity index (χ4v) is 2.99. The first-order chi connectivity index (χ1) is 8.47. The van der Waals surface area contributed by atoms with Crippen molar-refractivity contribution in [2.75, 3.05) is 30.4 Å². The van der Waals surface area contributed by atoms with E-state index < -0.39 is 20.8 Å². The van der Waals surface area contributed by atoms with Crippen molar-refractivity contribution in [2.45, 2.75) is 11.8 Å². The van der Waals surface area contributed by atoms with Crippen molar-refractivity contribution in [3.05, 3.63) is 18.3 Å². The van der Waals surface area contributed by atoms with E-state index in [1.165, 1.54) is 18.5 Å². The minimum Gasteiger partial charge on any atom is -0.369 e. The Kier molecular flexibility index (Phi) is 5.70. The van der Waals surface area contributed by atoms with Gasteiger partial charge in [0, 0.05) is 42.1 Å². The molecule has 1 aromatic rings. The molecule has 0 saturated heterocycles. The molecule has 0 radical (unpaired) electrons. The summed E-state index contributed by atoms with van der Waals surface area (Å²) in [6.45, 7) is 2.59. The maximum atomic E-state index is 12.0. The number of anilines is 1. The summed E-state index contributed by atoms with van der Waals surface area (Å²) in [4.78, 5) is 4.09. The zero-order valence-electron chi connectivity index (χ0n) is 10.3. The van der Waals surface area contributed by atoms with E-state index in [4.69, 9.17) is 0 Å². The van der Waals surface area contributed by atoms with Crippen LogP contribution in [0.1, 0.15) is 6.92 Å². The van der Waals surface area contributed by atoms with Gasteiger partial charge in [-0.05, 0) is 19.1 Å². The summed E-state index contributed by atoms with van der Waals surface area (Å²) in [7, 11) is -4.64. The van der Waals surface area contributed by atoms with Gasteiger partial charge < -0.3 is 5.32 Å². The first-order valence-corrected chi connectivity index (χ1v) is 8.67. The third-order valence-corrected chi connectivity index (χ3v) is 4.36. The summed E-state index contributed by atoms with van der Waals surface area (Å²) >= 11 is 0. The molecule has 0 amide bonds. The molecule has 8 heteroatoms. The molecule has 102 valence electrons. The molecule has 0 spiro atoms. The van der Waals surface area contributed by atoms with Gasteiger partial charge in [0.2, 0.25) is 10.0 Å². The van der Waals surface area contributed by atoms with Gasteiger partial charge in [0.1, 0.15) is 10.7 Å². The summed E-state index contributed by atoms with van der Waals surface area (Å²) < 4.78 is 37.3. The first-order valence-electron chi connectivity index (χ1n) is 5.46. The van der Waals surface area contributed by atoms with Gasteiger partial charge in [-0.15, -0.1) is 0 Å². The van der Waals surface area contributed by atoms with E-state index in [1.807, 2.05) is 6.92 Å². The second-order valence-corrected chi connectivity index (χ2v) is 6.85. The number of hydrogen-bond donors (Lipinski definition) is 2. The number of hydrogen-bond acceptors (Lipinski definition) is 5. The van der Waals surface area contributed by atoms with Crippen LogP contribution in [0.2, 0.25) is 0 Å². The van der Waals surface area contributed by atoms with Gasteiger partial charge >= 0.3 is 0 Å². The molecule has 1 aromatic heterocycles. The molecule has 1 atom stereocenters. The molecule has 0 aliphatic rings. The van der Waals surface area contributed by atoms with Crippen LogP contribution in [0.3, 0.4) is 0 Å². The van der Waals surface area contributed by atoms with Crippen LogP contribution in [0.5, 0.6) is 0 Å². The topological polar surface area (TPSA) is 88.2 Å². The van der Waals surface area contributed by atoms with Gasteiger partial charge in [-0.2, -0.15) is 0 Å². The van der Waals surface area contributed by atoms with Gasteiger partial charge in [0.15, 0.2) is 0 Å². The van der Waals surface area contributed by atoms with Crippen LogP contribution in [-0.2, 0) is 20.8 Å². The summed E-state index contributed by atoms with van der Waals surface area (Å²) in [5, 5.41) is 2.89. The second kappa shape index (κ2) is 6.81. The van der Waals surface area contributed by atoms with Crippen LogP contribution in [-0.4, -0.2) is 42.7 Å². The number of nitrogens with zero attached hydrogens (tertiary/aromatic N) is 1. The summed E-state index contributed by atoms with van der Waals surface area (Å²) in [5.41, 5.74) is 0. The van der Waals surface area contributed by atoms with Gasteiger partial charge in [-0.3, -0.25) is 4.21 Å². The molecule has 0 aliphatic carbocycles. The standard InChI is InChI=1S/C10H17N3O3S2/c1-3-11-10-9(5-4-6-12-10)18(15,16)13-7-8-17(2)14/h4-6,13H,3,7-8H2,1-2H3,(H,11,12). The number of pyridine rings is 1. The van der Waals surface area contributed by atoms with Crippen LogP contribution in [0.4, 0.5) is 5.82 Å². The summed E-state index contributed by atoms with van der Waals surface area (Å²) in [6.07, 6.45) is 3.06. The lowest BCUT2D eigenvalue weighted by atomic mass is 10.4. The zero-order chi connectivity index (χ0) is 13.6. The molecule has 0 fully saturated rings. The predicted molar refractivity (Wildman–Crippen MR) is 72.5 cm³/mol. The van der Waals surface area contributed by atoms with E-state index in [2.05, 4.69) is 15.0 Å². The maximum absolute atomic E-state index is 12.0. The van der Waals surface area contributed by atoms with Crippen LogP contribution >= 0.6 is 0 Å². The number of aromatic nitrogens is 1. The van der Waals surface area contributed by atoms with Crippen LogP contribution < -0.4 is 10.0 Å². The lowest BCUT2D eigenvalue weighted by Gasteiger charge is -2.10. The average molecular weight is 291 g/mol. The highest BCUT2D eigenvalue weighted by molar-refractivity contribution is 7.89. The van der Waals surface area contributed by atoms with E-state index in [9.17, 15) is 12.6 Å². The average Bonchev–Trinajstić information content (AvgIpc) is 2.29. The van der Waals surface area contributed by atoms with Gasteiger partial charge in [-0.25, -0.2) is 18.1 Å². The van der Waals surface area contributed by atoms with Gasteiger partial charge in [0.25, 0.3) is 0 Å². The van der Waals surface area contributed by atoms with Crippen molar-refractivity contribution >= 4 is 26.6 Å². The van der Waals surface area contributed by atoms with Crippen LogP contribution in [0, 0.1) is 0 Å². The minimum atomic E-state index is -3.62. The van der Waals surface area contributed by atoms with Gasteiger partial charge in [-0.1, -0.05) is 0 Å². The molecule has 6 nitrogen and oxygen atoms in total. The molecule has 0 saturated carbocycles. The molecule has 0 bridgehead atoms. The SMILES string of the molecule is CCNc1ncccc1S(=O)(=O)NCCS(C)=O. The molecule has 0 aliphatic heterocycles. The Bertz CT molecular complexity index is 517. The number of rotatable bonds is 7. The fraction of sp³-hybridized carbons (Fsp3) is 0.500. The number of sulfonamides is 1. The normalized spacial score (nSPS) is 13.2. The van der Waals surface area contributed by atoms with Crippen molar-refractivity contribution in [1.29, 1.82) is 0 Å². The second-order valence-electron chi connectivity index (χ2n) is 3.56. The molecule has 1 heterocycles. The molecule has 2 N–H and O–H groups in total. The Morgan fingerprint density at radius 1 is 1.44 bits per heavy atom. The predicted octanol–water partition coefficient (Wildman–Crippen LogP) is 0.170. The van der Waals surface area contributed by atoms with E-state index in [-0.39, 0.29) is 17.2 Å². The summed E-state index contributed by atoms with van der Waals surface area (Å²) in [5.74, 6) is 0.612. The van der Waals surface area contributed by atoms with E-state index in [1.54, 1.807) is 6.07 Å². The van der Waals surface area contributed by atoms with E-state index in [0.717, 1.165) is 0 Å². The largest absolute Gasteiger partial charge is 0.369 e. The summed E-state index contributed by atoms with van der Waals surface area (Å²) in [6, 6.07) is 3.05. The van der Waals surface area contributed by atoms with Crippen molar-refractivity contribution in [3.63, 3.8) is 0 Å². The lowest BCUT2D eigenvalue weighted by molar-refractivity contribution is 0.584. The highest BCUT2D eigenvalue weighted by Crippen LogP contribution is 2.17. The third kappa shape index (κ3) is 4.35. The molecule has 1 rings (SSSR count). The highest BCUT2D eigenvalue weighted by Gasteiger charge is 2.18. The molecular formula is C10H17N3O3S2. The van der Waals surface area contributed by atoms with E-state index >= 15 is 0 Å². The molecular weight excluding hydrogens is 274 g/mol. The smallest absolute Gasteiger partial charge is 0.244 e. The third-order valence-electron chi connectivity index (χ3n) is 2.09. The van der Waals surface area contributed by atoms with Crippen molar-refractivity contribution < 1.29 is 12.6 Å². The zero-order valence-corrected chi connectivity index (χ0v) is 12.0. The fourth-order valence-electron chi connectivity index (χ4n) is 1.31. The quantitative estimate of drug-likeness (QED) is 0.747. The van der Waals surface area contributed by atoms with E-state index in [0.29, 0.717) is 12.4 Å². The Balaban J connectivity index is 2.87. The van der Waals surface area contributed by atoms with Crippen molar-refractivity contribution in [3.8, 4) is 0 Å². The number of nitrogens with one attached hydrogen (secondary N) is 2. The Hall–Kier alpha value is -0.990. The maximum Gasteiger partial charge on any atom is 0.244 e. The highest BCUT2D eigenvalue weighted by atomic mass is 32.2. The van der Waals surface area contributed by atoms with Crippen molar-refractivity contribution in [1.82, 2.24) is 9.71 Å². The van der Waals surface area contributed by atoms with Crippen LogP contribution in [0.25, 0.3) is 0 Å².